The van der Waals surface area contributed by atoms with Crippen molar-refractivity contribution in [3.63, 3.8) is 0 Å². The molecule has 1 aliphatic rings. The van der Waals surface area contributed by atoms with Gasteiger partial charge in [-0.1, -0.05) is 0 Å². The number of amidine groups is 1. The zero-order chi connectivity index (χ0) is 12.8. The number of nitrogens with one attached hydrogen (secondary N) is 1. The summed E-state index contributed by atoms with van der Waals surface area (Å²) < 4.78 is 0.840. The van der Waals surface area contributed by atoms with Gasteiger partial charge >= 0.3 is 115 Å². The van der Waals surface area contributed by atoms with Crippen molar-refractivity contribution >= 4 is 26.5 Å². The van der Waals surface area contributed by atoms with Crippen molar-refractivity contribution in [1.82, 2.24) is 15.2 Å². The number of rotatable bonds is 2. The van der Waals surface area contributed by atoms with Crippen molar-refractivity contribution in [2.45, 2.75) is 6.92 Å². The van der Waals surface area contributed by atoms with E-state index in [1.165, 1.54) is 0 Å². The minimum absolute atomic E-state index is 0.818. The van der Waals surface area contributed by atoms with Gasteiger partial charge in [0, 0.05) is 0 Å². The van der Waals surface area contributed by atoms with Gasteiger partial charge in [0.2, 0.25) is 0 Å². The number of hydrogen-bond acceptors (Lipinski definition) is 4. The maximum atomic E-state index is 4.24. The van der Waals surface area contributed by atoms with Gasteiger partial charge in [0.1, 0.15) is 0 Å². The molecule has 5 nitrogen and oxygen atoms in total. The summed E-state index contributed by atoms with van der Waals surface area (Å²) in [5.74, 6) is 0. The summed E-state index contributed by atoms with van der Waals surface area (Å²) in [6.07, 6.45) is 1.76. The molecule has 0 aromatic carbocycles. The SMILES string of the molecule is CC(=NN=C([Se])N1CCNCC1)c1ccccn1. The van der Waals surface area contributed by atoms with Crippen molar-refractivity contribution in [1.29, 1.82) is 0 Å². The molecule has 0 aliphatic carbocycles. The molecule has 18 heavy (non-hydrogen) atoms. The van der Waals surface area contributed by atoms with Crippen molar-refractivity contribution in [3.05, 3.63) is 30.1 Å². The van der Waals surface area contributed by atoms with E-state index in [2.05, 4.69) is 41.4 Å². The zero-order valence-corrected chi connectivity index (χ0v) is 12.0. The topological polar surface area (TPSA) is 52.9 Å². The first-order chi connectivity index (χ1) is 8.77. The molecule has 0 bridgehead atoms. The summed E-state index contributed by atoms with van der Waals surface area (Å²) in [5, 5.41) is 11.8. The average molecular weight is 309 g/mol. The van der Waals surface area contributed by atoms with Crippen LogP contribution >= 0.6 is 0 Å². The fraction of sp³-hybridized carbons (Fsp3) is 0.417. The van der Waals surface area contributed by atoms with E-state index < -0.39 is 0 Å². The second kappa shape index (κ2) is 6.64. The molecule has 0 spiro atoms. The van der Waals surface area contributed by atoms with Crippen LogP contribution in [-0.4, -0.2) is 62.5 Å². The zero-order valence-electron chi connectivity index (χ0n) is 10.3. The van der Waals surface area contributed by atoms with Gasteiger partial charge in [0.05, 0.1) is 0 Å². The number of aromatic nitrogens is 1. The van der Waals surface area contributed by atoms with Crippen molar-refractivity contribution < 1.29 is 0 Å². The monoisotopic (exact) mass is 310 g/mol. The predicted molar refractivity (Wildman–Crippen MR) is 74.1 cm³/mol. The molecule has 1 aliphatic heterocycles. The van der Waals surface area contributed by atoms with E-state index >= 15 is 0 Å². The van der Waals surface area contributed by atoms with Crippen LogP contribution in [0.15, 0.2) is 34.6 Å². The average Bonchev–Trinajstić information content (AvgIpc) is 2.46. The second-order valence-electron chi connectivity index (χ2n) is 4.02. The van der Waals surface area contributed by atoms with Gasteiger partial charge in [0.25, 0.3) is 0 Å². The van der Waals surface area contributed by atoms with Gasteiger partial charge in [-0.05, 0) is 0 Å². The summed E-state index contributed by atoms with van der Waals surface area (Å²) in [6, 6.07) is 5.76. The minimum atomic E-state index is 0.818. The van der Waals surface area contributed by atoms with Gasteiger partial charge in [-0.3, -0.25) is 0 Å². The van der Waals surface area contributed by atoms with Crippen LogP contribution in [0.4, 0.5) is 0 Å². The van der Waals surface area contributed by atoms with Crippen LogP contribution in [0.5, 0.6) is 0 Å². The van der Waals surface area contributed by atoms with Crippen molar-refractivity contribution in [2.24, 2.45) is 10.2 Å². The Morgan fingerprint density at radius 1 is 1.33 bits per heavy atom. The van der Waals surface area contributed by atoms with Crippen LogP contribution in [-0.2, 0) is 0 Å². The number of hydrogen-bond donors (Lipinski definition) is 1. The van der Waals surface area contributed by atoms with Gasteiger partial charge in [-0.15, -0.1) is 0 Å². The Labute approximate surface area is 115 Å². The van der Waals surface area contributed by atoms with Crippen LogP contribution < -0.4 is 5.32 Å². The molecule has 0 unspecified atom stereocenters. The van der Waals surface area contributed by atoms with E-state index in [1.807, 2.05) is 25.1 Å². The Morgan fingerprint density at radius 3 is 2.78 bits per heavy atom. The summed E-state index contributed by atoms with van der Waals surface area (Å²) >= 11 is 2.97. The van der Waals surface area contributed by atoms with Crippen LogP contribution in [0.2, 0.25) is 0 Å². The number of pyridine rings is 1. The third-order valence-corrected chi connectivity index (χ3v) is 3.42. The Hall–Kier alpha value is -1.23. The van der Waals surface area contributed by atoms with Crippen LogP contribution in [0, 0.1) is 0 Å². The Kier molecular flexibility index (Phi) is 4.87. The molecule has 0 saturated carbocycles. The standard InChI is InChI=1S/C12H16N5Se/c1-10(11-4-2-3-5-14-11)15-16-12(18)17-8-6-13-7-9-17/h2-5,13H,6-9H2,1H3. The number of nitrogens with zero attached hydrogens (tertiary/aromatic N) is 4. The van der Waals surface area contributed by atoms with E-state index in [0.717, 1.165) is 42.3 Å². The Morgan fingerprint density at radius 2 is 2.11 bits per heavy atom. The molecule has 1 aromatic rings. The predicted octanol–water partition coefficient (Wildman–Crippen LogP) is 0.235. The molecule has 95 valence electrons. The van der Waals surface area contributed by atoms with Gasteiger partial charge in [-0.2, -0.15) is 0 Å². The van der Waals surface area contributed by atoms with Crippen LogP contribution in [0.1, 0.15) is 12.6 Å². The molecular weight excluding hydrogens is 293 g/mol. The van der Waals surface area contributed by atoms with E-state index in [0.29, 0.717) is 0 Å². The first-order valence-electron chi connectivity index (χ1n) is 5.93. The third-order valence-electron chi connectivity index (χ3n) is 2.71. The fourth-order valence-corrected chi connectivity index (χ4v) is 2.13. The molecule has 2 heterocycles. The van der Waals surface area contributed by atoms with Gasteiger partial charge < -0.3 is 0 Å². The molecule has 1 fully saturated rings. The molecule has 2 rings (SSSR count). The van der Waals surface area contributed by atoms with Crippen molar-refractivity contribution in [2.75, 3.05) is 26.2 Å². The fourth-order valence-electron chi connectivity index (χ4n) is 1.67. The molecule has 6 heteroatoms. The first-order valence-corrected chi connectivity index (χ1v) is 6.79. The molecule has 1 saturated heterocycles. The summed E-state index contributed by atoms with van der Waals surface area (Å²) in [7, 11) is 0. The second-order valence-corrected chi connectivity index (χ2v) is 4.79. The Bertz CT molecular complexity index is 437. The van der Waals surface area contributed by atoms with E-state index in [4.69, 9.17) is 0 Å². The first kappa shape index (κ1) is 13.2. The van der Waals surface area contributed by atoms with E-state index in [9.17, 15) is 0 Å². The molecule has 0 atom stereocenters. The Balaban J connectivity index is 2.04. The molecule has 1 radical (unpaired) electrons. The van der Waals surface area contributed by atoms with E-state index in [-0.39, 0.29) is 0 Å². The summed E-state index contributed by atoms with van der Waals surface area (Å²) in [4.78, 5) is 6.42. The molecule has 1 N–H and O–H groups in total. The normalized spacial score (nSPS) is 17.9. The quantitative estimate of drug-likeness (QED) is 0.368. The summed E-state index contributed by atoms with van der Waals surface area (Å²) in [6.45, 7) is 5.82. The van der Waals surface area contributed by atoms with Gasteiger partial charge in [0.15, 0.2) is 0 Å². The number of piperazine rings is 1. The van der Waals surface area contributed by atoms with Crippen LogP contribution in [0.25, 0.3) is 0 Å². The molecule has 0 amide bonds. The molecule has 1 aromatic heterocycles. The van der Waals surface area contributed by atoms with Crippen LogP contribution in [0.3, 0.4) is 0 Å². The van der Waals surface area contributed by atoms with Gasteiger partial charge in [-0.25, -0.2) is 0 Å². The van der Waals surface area contributed by atoms with Crippen molar-refractivity contribution in [3.8, 4) is 0 Å². The maximum absolute atomic E-state index is 4.24. The van der Waals surface area contributed by atoms with E-state index in [1.54, 1.807) is 6.20 Å². The third kappa shape index (κ3) is 3.63. The summed E-state index contributed by atoms with van der Waals surface area (Å²) in [5.41, 5.74) is 1.67. The molecular formula is C12H16N5Se.